The van der Waals surface area contributed by atoms with E-state index in [2.05, 4.69) is 29.0 Å². The Labute approximate surface area is 115 Å². The number of pyridine rings is 1. The highest BCUT2D eigenvalue weighted by atomic mass is 35.5. The number of hydrogen-bond acceptors (Lipinski definition) is 3. The molecule has 1 aromatic heterocycles. The SMILES string of the molecule is CC(C)CN1CCC[C@@H]1CNc1ccnc(Cl)c1. The molecule has 0 bridgehead atoms. The van der Waals surface area contributed by atoms with Crippen molar-refractivity contribution in [1.29, 1.82) is 0 Å². The zero-order valence-corrected chi connectivity index (χ0v) is 12.0. The van der Waals surface area contributed by atoms with Gasteiger partial charge in [-0.05, 0) is 37.4 Å². The summed E-state index contributed by atoms with van der Waals surface area (Å²) in [5, 5.41) is 4.01. The molecule has 0 amide bonds. The monoisotopic (exact) mass is 267 g/mol. The van der Waals surface area contributed by atoms with Crippen molar-refractivity contribution in [3.63, 3.8) is 0 Å². The Morgan fingerprint density at radius 3 is 3.11 bits per heavy atom. The molecule has 1 aliphatic rings. The summed E-state index contributed by atoms with van der Waals surface area (Å²) in [5.41, 5.74) is 1.06. The number of anilines is 1. The second-order valence-electron chi connectivity index (χ2n) is 5.43. The fourth-order valence-corrected chi connectivity index (χ4v) is 2.76. The molecule has 0 aliphatic carbocycles. The molecule has 1 N–H and O–H groups in total. The quantitative estimate of drug-likeness (QED) is 0.830. The molecule has 0 unspecified atom stereocenters. The zero-order chi connectivity index (χ0) is 13.0. The highest BCUT2D eigenvalue weighted by Gasteiger charge is 2.24. The first kappa shape index (κ1) is 13.6. The predicted molar refractivity (Wildman–Crippen MR) is 77.2 cm³/mol. The summed E-state index contributed by atoms with van der Waals surface area (Å²) in [6.45, 7) is 8.00. The van der Waals surface area contributed by atoms with Crippen LogP contribution in [0.2, 0.25) is 5.15 Å². The summed E-state index contributed by atoms with van der Waals surface area (Å²) >= 11 is 5.88. The largest absolute Gasteiger partial charge is 0.383 e. The summed E-state index contributed by atoms with van der Waals surface area (Å²) in [4.78, 5) is 6.59. The van der Waals surface area contributed by atoms with Crippen LogP contribution in [0.4, 0.5) is 5.69 Å². The van der Waals surface area contributed by atoms with Crippen molar-refractivity contribution < 1.29 is 0 Å². The fraction of sp³-hybridized carbons (Fsp3) is 0.643. The maximum Gasteiger partial charge on any atom is 0.131 e. The molecule has 100 valence electrons. The van der Waals surface area contributed by atoms with Crippen molar-refractivity contribution in [2.24, 2.45) is 5.92 Å². The Morgan fingerprint density at radius 1 is 1.56 bits per heavy atom. The average Bonchev–Trinajstić information content (AvgIpc) is 2.73. The molecule has 2 rings (SSSR count). The van der Waals surface area contributed by atoms with E-state index in [0.717, 1.165) is 18.2 Å². The van der Waals surface area contributed by atoms with Crippen LogP contribution in [0, 0.1) is 5.92 Å². The molecule has 1 saturated heterocycles. The van der Waals surface area contributed by atoms with Crippen molar-refractivity contribution in [1.82, 2.24) is 9.88 Å². The second-order valence-corrected chi connectivity index (χ2v) is 5.82. The number of nitrogens with one attached hydrogen (secondary N) is 1. The highest BCUT2D eigenvalue weighted by molar-refractivity contribution is 6.29. The Hall–Kier alpha value is -0.800. The van der Waals surface area contributed by atoms with Gasteiger partial charge in [0.05, 0.1) is 0 Å². The van der Waals surface area contributed by atoms with Gasteiger partial charge in [0.2, 0.25) is 0 Å². The van der Waals surface area contributed by atoms with Crippen LogP contribution >= 0.6 is 11.6 Å². The van der Waals surface area contributed by atoms with Crippen LogP contribution in [0.25, 0.3) is 0 Å². The molecular formula is C14H22ClN3. The van der Waals surface area contributed by atoms with Crippen molar-refractivity contribution in [2.75, 3.05) is 25.0 Å². The molecule has 1 fully saturated rings. The van der Waals surface area contributed by atoms with E-state index in [0.29, 0.717) is 11.2 Å². The molecule has 1 aliphatic heterocycles. The van der Waals surface area contributed by atoms with Gasteiger partial charge in [0.25, 0.3) is 0 Å². The molecule has 18 heavy (non-hydrogen) atoms. The van der Waals surface area contributed by atoms with E-state index >= 15 is 0 Å². The minimum Gasteiger partial charge on any atom is -0.383 e. The normalized spacial score (nSPS) is 20.6. The van der Waals surface area contributed by atoms with E-state index in [1.54, 1.807) is 6.20 Å². The first-order valence-corrected chi connectivity index (χ1v) is 7.12. The van der Waals surface area contributed by atoms with Crippen LogP contribution in [-0.4, -0.2) is 35.6 Å². The van der Waals surface area contributed by atoms with Crippen molar-refractivity contribution in [3.05, 3.63) is 23.5 Å². The van der Waals surface area contributed by atoms with Gasteiger partial charge >= 0.3 is 0 Å². The van der Waals surface area contributed by atoms with Gasteiger partial charge in [0.1, 0.15) is 5.15 Å². The fourth-order valence-electron chi connectivity index (χ4n) is 2.58. The third kappa shape index (κ3) is 3.85. The molecule has 2 heterocycles. The van der Waals surface area contributed by atoms with Gasteiger partial charge in [-0.25, -0.2) is 4.98 Å². The van der Waals surface area contributed by atoms with E-state index in [1.807, 2.05) is 12.1 Å². The van der Waals surface area contributed by atoms with E-state index < -0.39 is 0 Å². The van der Waals surface area contributed by atoms with Crippen molar-refractivity contribution in [3.8, 4) is 0 Å². The topological polar surface area (TPSA) is 28.2 Å². The van der Waals surface area contributed by atoms with Crippen molar-refractivity contribution >= 4 is 17.3 Å². The molecule has 1 atom stereocenters. The van der Waals surface area contributed by atoms with Gasteiger partial charge in [0.15, 0.2) is 0 Å². The van der Waals surface area contributed by atoms with Crippen LogP contribution in [0.3, 0.4) is 0 Å². The summed E-state index contributed by atoms with van der Waals surface area (Å²) in [6, 6.07) is 4.50. The minimum absolute atomic E-state index is 0.547. The van der Waals surface area contributed by atoms with Gasteiger partial charge in [-0.2, -0.15) is 0 Å². The highest BCUT2D eigenvalue weighted by Crippen LogP contribution is 2.20. The zero-order valence-electron chi connectivity index (χ0n) is 11.2. The van der Waals surface area contributed by atoms with Crippen LogP contribution in [0.1, 0.15) is 26.7 Å². The van der Waals surface area contributed by atoms with Crippen LogP contribution in [-0.2, 0) is 0 Å². The maximum absolute atomic E-state index is 5.88. The summed E-state index contributed by atoms with van der Waals surface area (Å²) in [5.74, 6) is 0.737. The number of nitrogens with zero attached hydrogens (tertiary/aromatic N) is 2. The minimum atomic E-state index is 0.547. The third-order valence-electron chi connectivity index (χ3n) is 3.37. The predicted octanol–water partition coefficient (Wildman–Crippen LogP) is 3.27. The molecule has 1 aromatic rings. The van der Waals surface area contributed by atoms with E-state index in [-0.39, 0.29) is 0 Å². The van der Waals surface area contributed by atoms with Gasteiger partial charge in [-0.3, -0.25) is 4.90 Å². The Bertz CT molecular complexity index is 381. The van der Waals surface area contributed by atoms with E-state index in [9.17, 15) is 0 Å². The van der Waals surface area contributed by atoms with Crippen LogP contribution in [0.5, 0.6) is 0 Å². The number of rotatable bonds is 5. The van der Waals surface area contributed by atoms with E-state index in [4.69, 9.17) is 11.6 Å². The van der Waals surface area contributed by atoms with Gasteiger partial charge < -0.3 is 5.32 Å². The number of likely N-dealkylation sites (tertiary alicyclic amines) is 1. The number of aromatic nitrogens is 1. The van der Waals surface area contributed by atoms with Crippen molar-refractivity contribution in [2.45, 2.75) is 32.7 Å². The molecular weight excluding hydrogens is 246 g/mol. The smallest absolute Gasteiger partial charge is 0.131 e. The Kier molecular flexibility index (Phi) is 4.84. The lowest BCUT2D eigenvalue weighted by molar-refractivity contribution is 0.234. The maximum atomic E-state index is 5.88. The summed E-state index contributed by atoms with van der Waals surface area (Å²) in [7, 11) is 0. The van der Waals surface area contributed by atoms with Gasteiger partial charge in [0, 0.05) is 31.0 Å². The first-order chi connectivity index (χ1) is 8.65. The molecule has 3 nitrogen and oxygen atoms in total. The number of halogens is 1. The Balaban J connectivity index is 1.85. The van der Waals surface area contributed by atoms with Gasteiger partial charge in [-0.15, -0.1) is 0 Å². The van der Waals surface area contributed by atoms with Crippen LogP contribution < -0.4 is 5.32 Å². The number of hydrogen-bond donors (Lipinski definition) is 1. The lowest BCUT2D eigenvalue weighted by Gasteiger charge is -2.26. The molecule has 0 spiro atoms. The Morgan fingerprint density at radius 2 is 2.39 bits per heavy atom. The third-order valence-corrected chi connectivity index (χ3v) is 3.57. The molecule has 0 aromatic carbocycles. The lowest BCUT2D eigenvalue weighted by atomic mass is 10.1. The summed E-state index contributed by atoms with van der Waals surface area (Å²) in [6.07, 6.45) is 4.35. The molecule has 0 radical (unpaired) electrons. The first-order valence-electron chi connectivity index (χ1n) is 6.74. The second kappa shape index (κ2) is 6.39. The summed E-state index contributed by atoms with van der Waals surface area (Å²) < 4.78 is 0. The van der Waals surface area contributed by atoms with Gasteiger partial charge in [-0.1, -0.05) is 25.4 Å². The van der Waals surface area contributed by atoms with Crippen LogP contribution in [0.15, 0.2) is 18.3 Å². The average molecular weight is 268 g/mol. The lowest BCUT2D eigenvalue weighted by Crippen LogP contribution is -2.37. The molecule has 0 saturated carbocycles. The van der Waals surface area contributed by atoms with E-state index in [1.165, 1.54) is 25.9 Å². The standard InChI is InChI=1S/C14H22ClN3/c1-11(2)10-18-7-3-4-13(18)9-17-12-5-6-16-14(15)8-12/h5-6,8,11,13H,3-4,7,9-10H2,1-2H3,(H,16,17)/t13-/m1/s1. The molecule has 4 heteroatoms.